The number of hydrogen-bond donors (Lipinski definition) is 1. The summed E-state index contributed by atoms with van der Waals surface area (Å²) in [6, 6.07) is 11.1. The molecule has 1 aromatic heterocycles. The Labute approximate surface area is 250 Å². The zero-order valence-electron chi connectivity index (χ0n) is 26.6. The van der Waals surface area contributed by atoms with Crippen LogP contribution in [0.4, 0.5) is 0 Å². The number of para-hydroxylation sites is 1. The second kappa shape index (κ2) is 11.2. The van der Waals surface area contributed by atoms with Crippen LogP contribution in [0.25, 0.3) is 0 Å². The number of benzene rings is 1. The lowest BCUT2D eigenvalue weighted by molar-refractivity contribution is -0.251. The molecule has 2 aliphatic heterocycles. The lowest BCUT2D eigenvalue weighted by Gasteiger charge is -2.51. The van der Waals surface area contributed by atoms with Gasteiger partial charge in [0, 0.05) is 12.3 Å². The second-order valence-corrected chi connectivity index (χ2v) is 25.2. The highest BCUT2D eigenvalue weighted by Crippen LogP contribution is 2.54. The Bertz CT molecular complexity index is 1390. The predicted molar refractivity (Wildman–Crippen MR) is 167 cm³/mol. The Morgan fingerprint density at radius 3 is 2.24 bits per heavy atom. The van der Waals surface area contributed by atoms with Gasteiger partial charge in [-0.1, -0.05) is 72.8 Å². The number of nitrogens with one attached hydrogen (secondary N) is 1. The molecule has 0 saturated carbocycles. The van der Waals surface area contributed by atoms with Crippen molar-refractivity contribution in [3.8, 4) is 5.75 Å². The van der Waals surface area contributed by atoms with Gasteiger partial charge in [-0.3, -0.25) is 24.0 Å². The summed E-state index contributed by atoms with van der Waals surface area (Å²) in [6.45, 7) is 22.2. The van der Waals surface area contributed by atoms with Crippen molar-refractivity contribution in [3.63, 3.8) is 0 Å². The van der Waals surface area contributed by atoms with Gasteiger partial charge in [-0.2, -0.15) is 0 Å². The molecule has 4 rings (SSSR count). The van der Waals surface area contributed by atoms with Crippen molar-refractivity contribution in [1.82, 2.24) is 14.6 Å². The molecule has 232 valence electrons. The molecule has 0 radical (unpaired) electrons. The van der Waals surface area contributed by atoms with Crippen molar-refractivity contribution < 1.29 is 23.5 Å². The van der Waals surface area contributed by atoms with E-state index in [9.17, 15) is 14.4 Å². The quantitative estimate of drug-likeness (QED) is 0.419. The molecule has 0 unspecified atom stereocenters. The lowest BCUT2D eigenvalue weighted by atomic mass is 9.95. The maximum Gasteiger partial charge on any atom is 0.330 e. The molecule has 1 amide bonds. The average molecular weight is 618 g/mol. The van der Waals surface area contributed by atoms with Crippen molar-refractivity contribution in [2.24, 2.45) is 0 Å². The first-order valence-electron chi connectivity index (χ1n) is 14.6. The van der Waals surface area contributed by atoms with Crippen LogP contribution in [-0.4, -0.2) is 67.9 Å². The van der Waals surface area contributed by atoms with Gasteiger partial charge in [0.1, 0.15) is 17.5 Å². The number of amides is 1. The van der Waals surface area contributed by atoms with E-state index < -0.39 is 51.7 Å². The first-order valence-corrected chi connectivity index (χ1v) is 20.7. The monoisotopic (exact) mass is 617 g/mol. The number of H-pyrrole nitrogens is 1. The third-order valence-corrected chi connectivity index (χ3v) is 19.6. The molecule has 12 heteroatoms. The summed E-state index contributed by atoms with van der Waals surface area (Å²) in [5, 5.41) is 1.24. The minimum Gasteiger partial charge on any atom is -0.484 e. The number of aromatic amines is 1. The minimum atomic E-state index is -2.38. The Hall–Kier alpha value is -2.52. The second-order valence-electron chi connectivity index (χ2n) is 14.8. The number of rotatable bonds is 8. The van der Waals surface area contributed by atoms with Crippen LogP contribution in [0.5, 0.6) is 5.75 Å². The van der Waals surface area contributed by atoms with Gasteiger partial charge < -0.3 is 13.9 Å². The van der Waals surface area contributed by atoms with Crippen LogP contribution < -0.4 is 16.0 Å². The number of carbonyl (C=O) groups excluding carboxylic acids is 1. The summed E-state index contributed by atoms with van der Waals surface area (Å²) in [5.41, 5.74) is -2.06. The van der Waals surface area contributed by atoms with E-state index in [1.165, 1.54) is 21.9 Å². The number of fused-ring (bicyclic) bond motifs is 2. The minimum absolute atomic E-state index is 0.0125. The Morgan fingerprint density at radius 1 is 1.02 bits per heavy atom. The standard InChI is InChI=1S/C30H47N3O7Si2/c1-28(2,3)41(7,8)20-30-19-33(23(35)18-37-21-14-12-11-13-15-21)39-24(25(30)40-42(9,10)29(4,5)6)26(38-30)32-17-16-22(34)31-27(32)36/h11-17,24-26H,18-20H2,1-10H3,(H,31,34,36)/t24-,25-,26-,30-/m1/s1. The van der Waals surface area contributed by atoms with E-state index in [1.54, 1.807) is 12.1 Å². The summed E-state index contributed by atoms with van der Waals surface area (Å²) in [6.07, 6.45) is -0.858. The van der Waals surface area contributed by atoms with E-state index in [2.05, 4.69) is 72.7 Å². The van der Waals surface area contributed by atoms with Gasteiger partial charge in [0.2, 0.25) is 0 Å². The van der Waals surface area contributed by atoms with E-state index >= 15 is 0 Å². The number of hydrogen-bond acceptors (Lipinski definition) is 7. The third kappa shape index (κ3) is 6.37. The highest BCUT2D eigenvalue weighted by atomic mass is 28.4. The zero-order chi connectivity index (χ0) is 31.3. The predicted octanol–water partition coefficient (Wildman–Crippen LogP) is 4.92. The summed E-state index contributed by atoms with van der Waals surface area (Å²) in [7, 11) is -4.45. The fraction of sp³-hybridized carbons (Fsp3) is 0.633. The normalized spacial score (nSPS) is 25.0. The van der Waals surface area contributed by atoms with E-state index in [1.807, 2.05) is 18.2 Å². The van der Waals surface area contributed by atoms with Crippen LogP contribution in [0.3, 0.4) is 0 Å². The van der Waals surface area contributed by atoms with Gasteiger partial charge in [0.25, 0.3) is 11.5 Å². The molecular weight excluding hydrogens is 571 g/mol. The largest absolute Gasteiger partial charge is 0.484 e. The number of carbonyl (C=O) groups is 1. The van der Waals surface area contributed by atoms with Crippen molar-refractivity contribution >= 4 is 22.3 Å². The molecule has 2 saturated heterocycles. The fourth-order valence-corrected chi connectivity index (χ4v) is 8.85. The molecule has 1 N–H and O–H groups in total. The summed E-state index contributed by atoms with van der Waals surface area (Å²) in [4.78, 5) is 47.3. The Morgan fingerprint density at radius 2 is 1.67 bits per heavy atom. The first-order chi connectivity index (χ1) is 19.3. The molecule has 2 aromatic rings. The van der Waals surface area contributed by atoms with E-state index in [4.69, 9.17) is 18.7 Å². The molecule has 4 atom stereocenters. The summed E-state index contributed by atoms with van der Waals surface area (Å²) in [5.74, 6) is 0.224. The lowest BCUT2D eigenvalue weighted by Crippen LogP contribution is -2.65. The Kier molecular flexibility index (Phi) is 8.64. The topological polar surface area (TPSA) is 112 Å². The molecule has 0 aliphatic carbocycles. The van der Waals surface area contributed by atoms with Gasteiger partial charge in [0.15, 0.2) is 27.3 Å². The van der Waals surface area contributed by atoms with E-state index in [0.717, 1.165) is 0 Å². The molecule has 2 fully saturated rings. The maximum atomic E-state index is 13.6. The van der Waals surface area contributed by atoms with Crippen LogP contribution in [0, 0.1) is 0 Å². The summed E-state index contributed by atoms with van der Waals surface area (Å²) < 4.78 is 21.2. The van der Waals surface area contributed by atoms with E-state index in [-0.39, 0.29) is 29.1 Å². The fourth-order valence-electron chi connectivity index (χ4n) is 5.09. The highest BCUT2D eigenvalue weighted by Gasteiger charge is 2.66. The van der Waals surface area contributed by atoms with Gasteiger partial charge in [-0.15, -0.1) is 0 Å². The van der Waals surface area contributed by atoms with Crippen molar-refractivity contribution in [1.29, 1.82) is 0 Å². The molecule has 42 heavy (non-hydrogen) atoms. The zero-order valence-corrected chi connectivity index (χ0v) is 28.6. The third-order valence-electron chi connectivity index (χ3n) is 9.62. The average Bonchev–Trinajstić information content (AvgIpc) is 3.01. The first kappa shape index (κ1) is 32.4. The van der Waals surface area contributed by atoms with Crippen molar-refractivity contribution in [3.05, 3.63) is 63.4 Å². The van der Waals surface area contributed by atoms with Crippen LogP contribution in [0.2, 0.25) is 42.3 Å². The van der Waals surface area contributed by atoms with Gasteiger partial charge in [0.05, 0.1) is 14.6 Å². The molecule has 2 bridgehead atoms. The number of ether oxygens (including phenoxy) is 2. The number of aromatic nitrogens is 2. The van der Waals surface area contributed by atoms with Crippen LogP contribution in [-0.2, 0) is 18.8 Å². The Balaban J connectivity index is 1.80. The number of hydroxylamine groups is 2. The molecule has 10 nitrogen and oxygen atoms in total. The highest BCUT2D eigenvalue weighted by molar-refractivity contribution is 6.80. The van der Waals surface area contributed by atoms with Crippen molar-refractivity contribution in [2.45, 2.75) is 108 Å². The van der Waals surface area contributed by atoms with E-state index in [0.29, 0.717) is 11.8 Å². The maximum absolute atomic E-state index is 13.6. The van der Waals surface area contributed by atoms with Crippen LogP contribution >= 0.6 is 0 Å². The molecule has 3 heterocycles. The van der Waals surface area contributed by atoms with Gasteiger partial charge >= 0.3 is 5.69 Å². The smallest absolute Gasteiger partial charge is 0.330 e. The number of nitrogens with zero attached hydrogens (tertiary/aromatic N) is 2. The van der Waals surface area contributed by atoms with Crippen molar-refractivity contribution in [2.75, 3.05) is 13.2 Å². The van der Waals surface area contributed by atoms with Gasteiger partial charge in [-0.05, 0) is 41.3 Å². The molecule has 2 aliphatic rings. The molecular formula is C30H47N3O7Si2. The van der Waals surface area contributed by atoms with Crippen LogP contribution in [0.15, 0.2) is 52.2 Å². The van der Waals surface area contributed by atoms with Gasteiger partial charge in [-0.25, -0.2) is 9.86 Å². The summed E-state index contributed by atoms with van der Waals surface area (Å²) >= 11 is 0. The van der Waals surface area contributed by atoms with Crippen LogP contribution in [0.1, 0.15) is 47.8 Å². The molecule has 1 aromatic carbocycles. The molecule has 0 spiro atoms. The SMILES string of the molecule is CC(C)(C)[Si](C)(C)C[C@@]12CN(C(=O)COc3ccccc3)O[C@@H]([C@H](n3ccc(=O)[nH]c3=O)O1)[C@H]2O[Si](C)(C)C(C)(C)C.